The molecule has 2 rings (SSSR count). The fraction of sp³-hybridized carbons (Fsp3) is 0.862. The van der Waals surface area contributed by atoms with E-state index in [0.29, 0.717) is 43.9 Å². The van der Waals surface area contributed by atoms with Crippen molar-refractivity contribution in [3.05, 3.63) is 0 Å². The van der Waals surface area contributed by atoms with Gasteiger partial charge in [0.2, 0.25) is 17.7 Å². The normalized spacial score (nSPS) is 23.0. The number of likely N-dealkylation sites (tertiary alicyclic amines) is 1. The second-order valence-corrected chi connectivity index (χ2v) is 13.1. The van der Waals surface area contributed by atoms with Crippen molar-refractivity contribution in [3.8, 4) is 0 Å². The van der Waals surface area contributed by atoms with E-state index in [4.69, 9.17) is 16.2 Å². The van der Waals surface area contributed by atoms with Crippen LogP contribution in [0, 0.1) is 11.8 Å². The van der Waals surface area contributed by atoms with Crippen molar-refractivity contribution in [3.63, 3.8) is 0 Å². The Bertz CT molecular complexity index is 836. The van der Waals surface area contributed by atoms with Crippen molar-refractivity contribution in [2.75, 3.05) is 25.8 Å². The molecule has 1 saturated carbocycles. The second-order valence-electron chi connectivity index (χ2n) is 12.7. The summed E-state index contributed by atoms with van der Waals surface area (Å²) in [5, 5.41) is 6.00. The molecule has 40 heavy (non-hydrogen) atoms. The molecular weight excluding hydrogens is 529 g/mol. The summed E-state index contributed by atoms with van der Waals surface area (Å²) in [6.07, 6.45) is 9.18. The van der Waals surface area contributed by atoms with E-state index in [2.05, 4.69) is 24.8 Å². The van der Waals surface area contributed by atoms with Gasteiger partial charge in [0.15, 0.2) is 0 Å². The largest absolute Gasteiger partial charge is 0.459 e. The van der Waals surface area contributed by atoms with Crippen LogP contribution in [0.4, 0.5) is 0 Å². The van der Waals surface area contributed by atoms with Crippen LogP contribution in [-0.4, -0.2) is 78.1 Å². The molecule has 0 bridgehead atoms. The van der Waals surface area contributed by atoms with Crippen molar-refractivity contribution in [2.24, 2.45) is 23.3 Å². The molecule has 2 fully saturated rings. The Kier molecular flexibility index (Phi) is 14.8. The molecule has 10 nitrogen and oxygen atoms in total. The molecule has 0 aromatic rings. The Hall–Kier alpha value is -1.77. The summed E-state index contributed by atoms with van der Waals surface area (Å²) < 4.78 is 5.92. The Labute approximate surface area is 243 Å². The van der Waals surface area contributed by atoms with Crippen LogP contribution in [0.5, 0.6) is 0 Å². The van der Waals surface area contributed by atoms with Crippen molar-refractivity contribution in [2.45, 2.75) is 122 Å². The number of nitrogens with zero attached hydrogens (tertiary/aromatic N) is 1. The van der Waals surface area contributed by atoms with Crippen LogP contribution in [0.1, 0.15) is 97.8 Å². The molecule has 6 atom stereocenters. The third-order valence-corrected chi connectivity index (χ3v) is 8.50. The molecule has 1 unspecified atom stereocenters. The number of nitrogens with one attached hydrogen (secondary N) is 2. The molecule has 6 N–H and O–H groups in total. The molecule has 230 valence electrons. The number of carbonyl (C=O) groups is 4. The van der Waals surface area contributed by atoms with Gasteiger partial charge in [-0.25, -0.2) is 0 Å². The van der Waals surface area contributed by atoms with E-state index in [0.717, 1.165) is 25.8 Å². The van der Waals surface area contributed by atoms with Crippen LogP contribution in [0.3, 0.4) is 0 Å². The molecular formula is C29H54N5O5P. The Morgan fingerprint density at radius 3 is 2.35 bits per heavy atom. The van der Waals surface area contributed by atoms with Gasteiger partial charge in [-0.3, -0.25) is 24.1 Å². The van der Waals surface area contributed by atoms with E-state index in [1.807, 2.05) is 20.8 Å². The van der Waals surface area contributed by atoms with Gasteiger partial charge >= 0.3 is 5.97 Å². The number of carbonyl (C=O) groups excluding carboxylic acids is 4. The summed E-state index contributed by atoms with van der Waals surface area (Å²) in [4.78, 5) is 50.9. The molecule has 3 amide bonds. The van der Waals surface area contributed by atoms with Crippen molar-refractivity contribution in [1.82, 2.24) is 15.5 Å². The Morgan fingerprint density at radius 1 is 1.00 bits per heavy atom. The van der Waals surface area contributed by atoms with Gasteiger partial charge in [0.1, 0.15) is 6.10 Å². The van der Waals surface area contributed by atoms with Gasteiger partial charge in [-0.05, 0) is 70.9 Å². The van der Waals surface area contributed by atoms with E-state index in [-0.39, 0.29) is 54.7 Å². The lowest BCUT2D eigenvalue weighted by Crippen LogP contribution is -2.60. The molecule has 0 aromatic carbocycles. The third kappa shape index (κ3) is 12.8. The summed E-state index contributed by atoms with van der Waals surface area (Å²) in [5.74, 6) is 0.400. The predicted molar refractivity (Wildman–Crippen MR) is 160 cm³/mol. The molecule has 11 heteroatoms. The zero-order valence-corrected chi connectivity index (χ0v) is 26.1. The number of piperidine rings is 1. The summed E-state index contributed by atoms with van der Waals surface area (Å²) in [6, 6.07) is -0.586. The first-order valence-electron chi connectivity index (χ1n) is 15.2. The van der Waals surface area contributed by atoms with Gasteiger partial charge in [-0.2, -0.15) is 0 Å². The first-order valence-corrected chi connectivity index (χ1v) is 16.0. The van der Waals surface area contributed by atoms with Gasteiger partial charge in [0.05, 0.1) is 6.04 Å². The van der Waals surface area contributed by atoms with E-state index >= 15 is 0 Å². The van der Waals surface area contributed by atoms with E-state index < -0.39 is 12.0 Å². The number of amides is 3. The maximum Gasteiger partial charge on any atom is 0.306 e. The number of hydrogen-bond acceptors (Lipinski definition) is 7. The minimum absolute atomic E-state index is 0.0426. The minimum atomic E-state index is -0.491. The fourth-order valence-corrected chi connectivity index (χ4v) is 6.11. The number of esters is 1. The first kappa shape index (κ1) is 34.4. The van der Waals surface area contributed by atoms with Crippen molar-refractivity contribution >= 4 is 32.9 Å². The lowest BCUT2D eigenvalue weighted by Gasteiger charge is -2.47. The van der Waals surface area contributed by atoms with Gasteiger partial charge < -0.3 is 26.8 Å². The molecule has 1 aliphatic heterocycles. The van der Waals surface area contributed by atoms with E-state index in [9.17, 15) is 19.2 Å². The average molecular weight is 584 g/mol. The number of rotatable bonds is 16. The number of nitrogens with two attached hydrogens (primary N) is 2. The minimum Gasteiger partial charge on any atom is -0.459 e. The molecule has 1 saturated heterocycles. The van der Waals surface area contributed by atoms with Crippen molar-refractivity contribution in [1.29, 1.82) is 0 Å². The molecule has 0 spiro atoms. The lowest BCUT2D eigenvalue weighted by atomic mass is 9.72. The highest BCUT2D eigenvalue weighted by molar-refractivity contribution is 7.16. The fourth-order valence-electron chi connectivity index (χ4n) is 5.81. The van der Waals surface area contributed by atoms with Crippen LogP contribution >= 0.6 is 9.24 Å². The standard InChI is InChI=1S/C29H54N5O5P/c1-29(2,3)33-28(38)23-16-20-10-6-7-11-21(20)17-34(23)18-24(22(30)19-40)39-27(37)14-5-4-8-15-32-26(36)13-9-12-25(31)35/h20-24H,4-19,30,40H2,1-3H3,(H2,31,35)(H,32,36)(H,33,38)/t20-,21+,22-,23-,24+/m0/s1. The van der Waals surface area contributed by atoms with Crippen LogP contribution in [0.2, 0.25) is 0 Å². The zero-order chi connectivity index (χ0) is 29.7. The van der Waals surface area contributed by atoms with Crippen LogP contribution in [0.25, 0.3) is 0 Å². The summed E-state index contributed by atoms with van der Waals surface area (Å²) in [5.41, 5.74) is 11.2. The highest BCUT2D eigenvalue weighted by Gasteiger charge is 2.42. The summed E-state index contributed by atoms with van der Waals surface area (Å²) in [7, 11) is 2.64. The van der Waals surface area contributed by atoms with Crippen molar-refractivity contribution < 1.29 is 23.9 Å². The zero-order valence-electron chi connectivity index (χ0n) is 24.9. The average Bonchev–Trinajstić information content (AvgIpc) is 2.88. The van der Waals surface area contributed by atoms with Gasteiger partial charge in [-0.15, -0.1) is 9.24 Å². The Morgan fingerprint density at radius 2 is 1.70 bits per heavy atom. The number of fused-ring (bicyclic) bond motifs is 1. The van der Waals surface area contributed by atoms with Gasteiger partial charge in [0.25, 0.3) is 0 Å². The highest BCUT2D eigenvalue weighted by atomic mass is 31.0. The molecule has 1 heterocycles. The summed E-state index contributed by atoms with van der Waals surface area (Å²) >= 11 is 0. The first-order chi connectivity index (χ1) is 18.9. The number of hydrogen-bond donors (Lipinski definition) is 4. The van der Waals surface area contributed by atoms with Crippen LogP contribution in [0.15, 0.2) is 0 Å². The third-order valence-electron chi connectivity index (χ3n) is 7.96. The summed E-state index contributed by atoms with van der Waals surface area (Å²) in [6.45, 7) is 7.80. The molecule has 1 aliphatic carbocycles. The number of primary amides is 1. The predicted octanol–water partition coefficient (Wildman–Crippen LogP) is 2.23. The van der Waals surface area contributed by atoms with E-state index in [1.165, 1.54) is 25.7 Å². The topological polar surface area (TPSA) is 157 Å². The lowest BCUT2D eigenvalue weighted by molar-refractivity contribution is -0.152. The maximum atomic E-state index is 13.3. The van der Waals surface area contributed by atoms with Crippen LogP contribution in [-0.2, 0) is 23.9 Å². The number of unbranched alkanes of at least 4 members (excludes halogenated alkanes) is 2. The number of ether oxygens (including phenoxy) is 1. The smallest absolute Gasteiger partial charge is 0.306 e. The Balaban J connectivity index is 1.86. The van der Waals surface area contributed by atoms with Gasteiger partial charge in [0, 0.05) is 50.5 Å². The molecule has 0 aromatic heterocycles. The molecule has 2 aliphatic rings. The molecule has 0 radical (unpaired) electrons. The highest BCUT2D eigenvalue weighted by Crippen LogP contribution is 2.39. The van der Waals surface area contributed by atoms with Crippen LogP contribution < -0.4 is 22.1 Å². The monoisotopic (exact) mass is 583 g/mol. The quantitative estimate of drug-likeness (QED) is 0.123. The van der Waals surface area contributed by atoms with E-state index in [1.54, 1.807) is 0 Å². The SMILES string of the molecule is CC(C)(C)NC(=O)[C@@H]1C[C@@H]2CCCC[C@@H]2CN1C[C@@H](OC(=O)CCCCCNC(=O)CCCC(N)=O)[C@@H](N)CP. The van der Waals surface area contributed by atoms with Gasteiger partial charge in [-0.1, -0.05) is 25.7 Å². The second kappa shape index (κ2) is 17.2. The maximum absolute atomic E-state index is 13.3.